The summed E-state index contributed by atoms with van der Waals surface area (Å²) in [5.41, 5.74) is 4.45. The molecule has 1 amide bonds. The molecule has 5 heteroatoms. The van der Waals surface area contributed by atoms with Crippen molar-refractivity contribution in [2.75, 3.05) is 6.61 Å². The Balaban J connectivity index is 1.64. The number of carbonyl (C=O) groups excluding carboxylic acids is 2. The summed E-state index contributed by atoms with van der Waals surface area (Å²) >= 11 is 0. The molecule has 1 N–H and O–H groups in total. The van der Waals surface area contributed by atoms with Crippen LogP contribution in [0.5, 0.6) is 0 Å². The van der Waals surface area contributed by atoms with Gasteiger partial charge >= 0.3 is 5.97 Å². The van der Waals surface area contributed by atoms with Crippen molar-refractivity contribution in [1.29, 1.82) is 0 Å². The zero-order valence-corrected chi connectivity index (χ0v) is 17.2. The first-order valence-electron chi connectivity index (χ1n) is 10.1. The average molecular weight is 383 g/mol. The van der Waals surface area contributed by atoms with Crippen LogP contribution in [0.4, 0.5) is 0 Å². The van der Waals surface area contributed by atoms with Crippen molar-refractivity contribution in [3.05, 3.63) is 52.8 Å². The zero-order valence-electron chi connectivity index (χ0n) is 17.2. The number of rotatable bonds is 5. The highest BCUT2D eigenvalue weighted by Crippen LogP contribution is 2.24. The summed E-state index contributed by atoms with van der Waals surface area (Å²) < 4.78 is 7.33. The van der Waals surface area contributed by atoms with Crippen LogP contribution < -0.4 is 5.32 Å². The summed E-state index contributed by atoms with van der Waals surface area (Å²) in [7, 11) is 0. The van der Waals surface area contributed by atoms with Gasteiger partial charge in [-0.1, -0.05) is 37.5 Å². The molecule has 1 aliphatic rings. The number of ether oxygens (including phenoxy) is 1. The summed E-state index contributed by atoms with van der Waals surface area (Å²) in [4.78, 5) is 24.8. The fourth-order valence-electron chi connectivity index (χ4n) is 4.05. The Morgan fingerprint density at radius 1 is 1.11 bits per heavy atom. The zero-order chi connectivity index (χ0) is 20.3. The van der Waals surface area contributed by atoms with Gasteiger partial charge in [-0.05, 0) is 57.7 Å². The van der Waals surface area contributed by atoms with Gasteiger partial charge in [0.1, 0.15) is 0 Å². The fraction of sp³-hybridized carbons (Fsp3) is 0.478. The fourth-order valence-corrected chi connectivity index (χ4v) is 4.05. The van der Waals surface area contributed by atoms with E-state index in [1.807, 2.05) is 55.7 Å². The van der Waals surface area contributed by atoms with E-state index in [4.69, 9.17) is 4.74 Å². The minimum atomic E-state index is -0.460. The quantitative estimate of drug-likeness (QED) is 0.786. The number of esters is 1. The van der Waals surface area contributed by atoms with E-state index >= 15 is 0 Å². The second-order valence-corrected chi connectivity index (χ2v) is 7.97. The van der Waals surface area contributed by atoms with Crippen molar-refractivity contribution in [2.24, 2.45) is 5.92 Å². The predicted molar refractivity (Wildman–Crippen MR) is 110 cm³/mol. The lowest BCUT2D eigenvalue weighted by atomic mass is 9.86. The maximum atomic E-state index is 12.6. The van der Waals surface area contributed by atoms with Crippen molar-refractivity contribution < 1.29 is 14.3 Å². The number of hydrogen-bond acceptors (Lipinski definition) is 3. The number of benzene rings is 1. The van der Waals surface area contributed by atoms with Crippen molar-refractivity contribution in [1.82, 2.24) is 9.88 Å². The van der Waals surface area contributed by atoms with Crippen LogP contribution >= 0.6 is 0 Å². The molecule has 0 spiro atoms. The second kappa shape index (κ2) is 8.63. The lowest BCUT2D eigenvalue weighted by molar-refractivity contribution is -0.125. The highest BCUT2D eigenvalue weighted by Gasteiger charge is 2.24. The van der Waals surface area contributed by atoms with Gasteiger partial charge in [-0.3, -0.25) is 4.79 Å². The molecule has 3 rings (SSSR count). The Morgan fingerprint density at radius 3 is 2.46 bits per heavy atom. The minimum Gasteiger partial charge on any atom is -0.452 e. The predicted octanol–water partition coefficient (Wildman–Crippen LogP) is 4.25. The molecule has 1 saturated carbocycles. The highest BCUT2D eigenvalue weighted by molar-refractivity contribution is 5.93. The van der Waals surface area contributed by atoms with Gasteiger partial charge in [0.15, 0.2) is 6.61 Å². The number of nitrogens with zero attached hydrogens (tertiary/aromatic N) is 1. The Kier molecular flexibility index (Phi) is 6.22. The van der Waals surface area contributed by atoms with Gasteiger partial charge in [-0.25, -0.2) is 4.79 Å². The molecule has 150 valence electrons. The molecule has 2 aromatic rings. The molecule has 1 aromatic heterocycles. The van der Waals surface area contributed by atoms with Crippen molar-refractivity contribution in [3.63, 3.8) is 0 Å². The van der Waals surface area contributed by atoms with Gasteiger partial charge in [0.25, 0.3) is 5.91 Å². The summed E-state index contributed by atoms with van der Waals surface area (Å²) in [6.07, 6.45) is 4.49. The third-order valence-electron chi connectivity index (χ3n) is 5.74. The van der Waals surface area contributed by atoms with Crippen LogP contribution in [0.3, 0.4) is 0 Å². The lowest BCUT2D eigenvalue weighted by Gasteiger charge is -2.29. The van der Waals surface area contributed by atoms with Crippen LogP contribution in [-0.4, -0.2) is 29.1 Å². The number of aryl methyl sites for hydroxylation is 2. The molecule has 0 unspecified atom stereocenters. The van der Waals surface area contributed by atoms with E-state index in [9.17, 15) is 9.59 Å². The third-order valence-corrected chi connectivity index (χ3v) is 5.74. The highest BCUT2D eigenvalue weighted by atomic mass is 16.5. The molecule has 28 heavy (non-hydrogen) atoms. The van der Waals surface area contributed by atoms with Gasteiger partial charge in [0.05, 0.1) is 5.56 Å². The Labute approximate surface area is 167 Å². The number of hydrogen-bond donors (Lipinski definition) is 1. The first-order valence-corrected chi connectivity index (χ1v) is 10.1. The van der Waals surface area contributed by atoms with Crippen LogP contribution in [0.1, 0.15) is 59.9 Å². The molecule has 0 aliphatic heterocycles. The van der Waals surface area contributed by atoms with Crippen molar-refractivity contribution >= 4 is 11.9 Å². The standard InChI is InChI=1S/C23H30N2O3/c1-15-9-11-19(12-10-15)25-17(3)13-20(18(25)4)23(27)28-14-22(26)24-21-8-6-5-7-16(21)2/h9-13,16,21H,5-8,14H2,1-4H3,(H,24,26)/t16-,21-/m1/s1. The minimum absolute atomic E-state index is 0.187. The van der Waals surface area contributed by atoms with Gasteiger partial charge in [0.2, 0.25) is 0 Å². The molecule has 5 nitrogen and oxygen atoms in total. The first-order chi connectivity index (χ1) is 13.4. The van der Waals surface area contributed by atoms with Crippen molar-refractivity contribution in [3.8, 4) is 5.69 Å². The summed E-state index contributed by atoms with van der Waals surface area (Å²) in [5, 5.41) is 3.02. The summed E-state index contributed by atoms with van der Waals surface area (Å²) in [6, 6.07) is 10.2. The monoisotopic (exact) mass is 382 g/mol. The number of aromatic nitrogens is 1. The van der Waals surface area contributed by atoms with Gasteiger partial charge in [-0.15, -0.1) is 0 Å². The molecule has 2 atom stereocenters. The smallest absolute Gasteiger partial charge is 0.340 e. The second-order valence-electron chi connectivity index (χ2n) is 7.97. The van der Waals surface area contributed by atoms with Gasteiger partial charge in [0, 0.05) is 23.1 Å². The van der Waals surface area contributed by atoms with E-state index in [1.54, 1.807) is 0 Å². The Morgan fingerprint density at radius 2 is 1.79 bits per heavy atom. The van der Waals surface area contributed by atoms with Crippen LogP contribution in [0, 0.1) is 26.7 Å². The number of amides is 1. The Hall–Kier alpha value is -2.56. The molecule has 1 aliphatic carbocycles. The van der Waals surface area contributed by atoms with Crippen LogP contribution in [0.15, 0.2) is 30.3 Å². The Bertz CT molecular complexity index is 851. The molecule has 1 fully saturated rings. The van der Waals surface area contributed by atoms with E-state index in [-0.39, 0.29) is 18.6 Å². The number of nitrogens with one attached hydrogen (secondary N) is 1. The molecule has 1 aromatic carbocycles. The lowest BCUT2D eigenvalue weighted by Crippen LogP contribution is -2.42. The average Bonchev–Trinajstić information content (AvgIpc) is 2.97. The van der Waals surface area contributed by atoms with E-state index in [0.29, 0.717) is 11.5 Å². The van der Waals surface area contributed by atoms with Crippen LogP contribution in [0.25, 0.3) is 5.69 Å². The largest absolute Gasteiger partial charge is 0.452 e. The third kappa shape index (κ3) is 4.46. The maximum absolute atomic E-state index is 12.6. The summed E-state index contributed by atoms with van der Waals surface area (Å²) in [5.74, 6) is -0.209. The van der Waals surface area contributed by atoms with E-state index in [0.717, 1.165) is 36.3 Å². The van der Waals surface area contributed by atoms with Gasteiger partial charge < -0.3 is 14.6 Å². The molecule has 0 bridgehead atoms. The molecular weight excluding hydrogens is 352 g/mol. The van der Waals surface area contributed by atoms with Gasteiger partial charge in [-0.2, -0.15) is 0 Å². The normalized spacial score (nSPS) is 19.3. The molecular formula is C23H30N2O3. The van der Waals surface area contributed by atoms with Crippen molar-refractivity contribution in [2.45, 2.75) is 59.4 Å². The maximum Gasteiger partial charge on any atom is 0.340 e. The van der Waals surface area contributed by atoms with E-state index in [1.165, 1.54) is 12.0 Å². The van der Waals surface area contributed by atoms with Crippen LogP contribution in [0.2, 0.25) is 0 Å². The topological polar surface area (TPSA) is 60.3 Å². The molecule has 0 saturated heterocycles. The van der Waals surface area contributed by atoms with Crippen LogP contribution in [-0.2, 0) is 9.53 Å². The van der Waals surface area contributed by atoms with E-state index in [2.05, 4.69) is 12.2 Å². The molecule has 0 radical (unpaired) electrons. The molecule has 1 heterocycles. The summed E-state index contributed by atoms with van der Waals surface area (Å²) in [6.45, 7) is 7.82. The SMILES string of the molecule is Cc1ccc(-n2c(C)cc(C(=O)OCC(=O)N[C@@H]3CCCC[C@H]3C)c2C)cc1. The first kappa shape index (κ1) is 20.2. The number of carbonyl (C=O) groups is 2. The van der Waals surface area contributed by atoms with E-state index < -0.39 is 5.97 Å².